The highest BCUT2D eigenvalue weighted by Crippen LogP contribution is 2.48. The van der Waals surface area contributed by atoms with Crippen molar-refractivity contribution in [2.45, 2.75) is 89.5 Å². The van der Waals surface area contributed by atoms with E-state index in [2.05, 4.69) is 60.0 Å². The van der Waals surface area contributed by atoms with Crippen molar-refractivity contribution in [3.05, 3.63) is 48.0 Å². The first-order chi connectivity index (χ1) is 14.3. The van der Waals surface area contributed by atoms with Crippen molar-refractivity contribution < 1.29 is 4.79 Å². The van der Waals surface area contributed by atoms with Gasteiger partial charge in [-0.2, -0.15) is 0 Å². The molecule has 0 radical (unpaired) electrons. The summed E-state index contributed by atoms with van der Waals surface area (Å²) in [5.41, 5.74) is 0.983. The summed E-state index contributed by atoms with van der Waals surface area (Å²) in [6.45, 7) is 3.92. The van der Waals surface area contributed by atoms with Gasteiger partial charge in [-0.3, -0.25) is 4.79 Å². The van der Waals surface area contributed by atoms with Crippen LogP contribution in [0.1, 0.15) is 89.0 Å². The molecule has 0 saturated heterocycles. The second kappa shape index (κ2) is 11.5. The zero-order valence-corrected chi connectivity index (χ0v) is 18.3. The fourth-order valence-electron chi connectivity index (χ4n) is 5.28. The molecule has 1 amide bonds. The Morgan fingerprint density at radius 1 is 1.03 bits per heavy atom. The second-order valence-corrected chi connectivity index (χ2v) is 9.03. The molecule has 2 aliphatic carbocycles. The molecule has 1 saturated carbocycles. The van der Waals surface area contributed by atoms with Crippen LogP contribution in [0.15, 0.2) is 42.5 Å². The van der Waals surface area contributed by atoms with Crippen LogP contribution < -0.4 is 10.6 Å². The molecule has 1 aromatic carbocycles. The van der Waals surface area contributed by atoms with Crippen LogP contribution >= 0.6 is 0 Å². The molecule has 0 aliphatic heterocycles. The van der Waals surface area contributed by atoms with Crippen LogP contribution in [0.3, 0.4) is 0 Å². The first-order valence-electron chi connectivity index (χ1n) is 12.0. The maximum atomic E-state index is 13.4. The molecule has 3 nitrogen and oxygen atoms in total. The van der Waals surface area contributed by atoms with E-state index >= 15 is 0 Å². The minimum atomic E-state index is -0.323. The lowest BCUT2D eigenvalue weighted by molar-refractivity contribution is -0.133. The summed E-state index contributed by atoms with van der Waals surface area (Å²) in [6, 6.07) is 11.4. The van der Waals surface area contributed by atoms with Gasteiger partial charge in [0.2, 0.25) is 5.91 Å². The Hall–Kier alpha value is -1.61. The minimum Gasteiger partial charge on any atom is -0.356 e. The van der Waals surface area contributed by atoms with E-state index in [1.54, 1.807) is 0 Å². The van der Waals surface area contributed by atoms with E-state index in [1.807, 2.05) is 0 Å². The standard InChI is InChI=1S/C26H40N2O/c1-2-20-28-25(29)26(19-12-21-27-23-15-8-3-4-9-16-23)18-11-10-17-24(26)22-13-6-5-7-14-22/h5-7,10-11,13-14,23-24,27H,2-4,8-9,12,15-21H2,1H3,(H,28,29). The largest absolute Gasteiger partial charge is 0.356 e. The number of hydrogen-bond donors (Lipinski definition) is 2. The number of benzene rings is 1. The van der Waals surface area contributed by atoms with Crippen LogP contribution in [0, 0.1) is 5.41 Å². The van der Waals surface area contributed by atoms with Gasteiger partial charge in [-0.15, -0.1) is 0 Å². The summed E-state index contributed by atoms with van der Waals surface area (Å²) in [7, 11) is 0. The Kier molecular flexibility index (Phi) is 8.79. The number of nitrogens with one attached hydrogen (secondary N) is 2. The Morgan fingerprint density at radius 2 is 1.79 bits per heavy atom. The summed E-state index contributed by atoms with van der Waals surface area (Å²) < 4.78 is 0. The molecule has 160 valence electrons. The SMILES string of the molecule is CCCNC(=O)C1(CCCNC2CCCCCC2)CC=CCC1c1ccccc1. The lowest BCUT2D eigenvalue weighted by Crippen LogP contribution is -2.46. The number of amides is 1. The van der Waals surface area contributed by atoms with Gasteiger partial charge in [0.1, 0.15) is 0 Å². The normalized spacial score (nSPS) is 25.5. The maximum absolute atomic E-state index is 13.4. The molecular weight excluding hydrogens is 356 g/mol. The smallest absolute Gasteiger partial charge is 0.227 e. The molecule has 0 spiro atoms. The minimum absolute atomic E-state index is 0.256. The molecule has 2 aliphatic rings. The first kappa shape index (κ1) is 22.1. The van der Waals surface area contributed by atoms with Crippen molar-refractivity contribution in [3.8, 4) is 0 Å². The first-order valence-corrected chi connectivity index (χ1v) is 12.0. The summed E-state index contributed by atoms with van der Waals surface area (Å²) in [5, 5.41) is 7.05. The van der Waals surface area contributed by atoms with Crippen LogP contribution in [0.25, 0.3) is 0 Å². The quantitative estimate of drug-likeness (QED) is 0.318. The average molecular weight is 397 g/mol. The number of carbonyl (C=O) groups is 1. The summed E-state index contributed by atoms with van der Waals surface area (Å²) >= 11 is 0. The van der Waals surface area contributed by atoms with Crippen LogP contribution in [-0.2, 0) is 4.79 Å². The van der Waals surface area contributed by atoms with E-state index in [-0.39, 0.29) is 17.2 Å². The third kappa shape index (κ3) is 5.94. The van der Waals surface area contributed by atoms with Crippen molar-refractivity contribution in [3.63, 3.8) is 0 Å². The molecule has 29 heavy (non-hydrogen) atoms. The van der Waals surface area contributed by atoms with Crippen molar-refractivity contribution >= 4 is 5.91 Å². The molecule has 2 unspecified atom stereocenters. The molecule has 3 heteroatoms. The highest BCUT2D eigenvalue weighted by Gasteiger charge is 2.45. The Bertz CT molecular complexity index is 633. The molecule has 2 N–H and O–H groups in total. The molecule has 0 aromatic heterocycles. The highest BCUT2D eigenvalue weighted by molar-refractivity contribution is 5.84. The van der Waals surface area contributed by atoms with Crippen LogP contribution in [0.5, 0.6) is 0 Å². The maximum Gasteiger partial charge on any atom is 0.227 e. The van der Waals surface area contributed by atoms with E-state index in [4.69, 9.17) is 0 Å². The average Bonchev–Trinajstić information content (AvgIpc) is 3.04. The molecule has 1 fully saturated rings. The second-order valence-electron chi connectivity index (χ2n) is 9.03. The molecular formula is C26H40N2O. The number of hydrogen-bond acceptors (Lipinski definition) is 2. The van der Waals surface area contributed by atoms with Gasteiger partial charge in [-0.05, 0) is 57.1 Å². The molecule has 1 aromatic rings. The van der Waals surface area contributed by atoms with Gasteiger partial charge < -0.3 is 10.6 Å². The Balaban J connectivity index is 1.69. The summed E-state index contributed by atoms with van der Waals surface area (Å²) in [5.74, 6) is 0.524. The van der Waals surface area contributed by atoms with Gasteiger partial charge in [0.25, 0.3) is 0 Å². The molecule has 2 atom stereocenters. The third-order valence-electron chi connectivity index (χ3n) is 6.97. The van der Waals surface area contributed by atoms with Gasteiger partial charge in [0, 0.05) is 18.5 Å². The van der Waals surface area contributed by atoms with Crippen molar-refractivity contribution in [1.82, 2.24) is 10.6 Å². The predicted octanol–water partition coefficient (Wildman–Crippen LogP) is 5.73. The zero-order chi connectivity index (χ0) is 20.4. The molecule has 3 rings (SSSR count). The van der Waals surface area contributed by atoms with E-state index in [0.29, 0.717) is 6.04 Å². The van der Waals surface area contributed by atoms with Crippen LogP contribution in [-0.4, -0.2) is 25.0 Å². The van der Waals surface area contributed by atoms with Gasteiger partial charge in [0.15, 0.2) is 0 Å². The van der Waals surface area contributed by atoms with Crippen LogP contribution in [0.4, 0.5) is 0 Å². The summed E-state index contributed by atoms with van der Waals surface area (Å²) in [6.07, 6.45) is 17.5. The van der Waals surface area contributed by atoms with E-state index in [0.717, 1.165) is 45.2 Å². The lowest BCUT2D eigenvalue weighted by Gasteiger charge is -2.41. The van der Waals surface area contributed by atoms with Gasteiger partial charge in [-0.1, -0.05) is 75.1 Å². The predicted molar refractivity (Wildman–Crippen MR) is 122 cm³/mol. The Labute approximate surface area is 177 Å². The molecule has 0 heterocycles. The van der Waals surface area contributed by atoms with Crippen molar-refractivity contribution in [1.29, 1.82) is 0 Å². The van der Waals surface area contributed by atoms with E-state index in [9.17, 15) is 4.79 Å². The van der Waals surface area contributed by atoms with E-state index < -0.39 is 0 Å². The fraction of sp³-hybridized carbons (Fsp3) is 0.654. The fourth-order valence-corrected chi connectivity index (χ4v) is 5.28. The van der Waals surface area contributed by atoms with Gasteiger partial charge in [-0.25, -0.2) is 0 Å². The zero-order valence-electron chi connectivity index (χ0n) is 18.3. The topological polar surface area (TPSA) is 41.1 Å². The third-order valence-corrected chi connectivity index (χ3v) is 6.97. The monoisotopic (exact) mass is 396 g/mol. The lowest BCUT2D eigenvalue weighted by atomic mass is 9.63. The number of allylic oxidation sites excluding steroid dienone is 2. The van der Waals surface area contributed by atoms with E-state index in [1.165, 1.54) is 44.1 Å². The van der Waals surface area contributed by atoms with Crippen molar-refractivity contribution in [2.75, 3.05) is 13.1 Å². The Morgan fingerprint density at radius 3 is 2.52 bits per heavy atom. The van der Waals surface area contributed by atoms with Crippen LogP contribution in [0.2, 0.25) is 0 Å². The van der Waals surface area contributed by atoms with Gasteiger partial charge >= 0.3 is 0 Å². The number of rotatable bonds is 9. The van der Waals surface area contributed by atoms with Gasteiger partial charge in [0.05, 0.1) is 5.41 Å². The molecule has 0 bridgehead atoms. The van der Waals surface area contributed by atoms with Crippen molar-refractivity contribution in [2.24, 2.45) is 5.41 Å². The number of carbonyl (C=O) groups excluding carboxylic acids is 1. The highest BCUT2D eigenvalue weighted by atomic mass is 16.2. The summed E-state index contributed by atoms with van der Waals surface area (Å²) in [4.78, 5) is 13.4.